The molecular weight excluding hydrogens is 340 g/mol. The highest BCUT2D eigenvalue weighted by Crippen LogP contribution is 2.26. The maximum Gasteiger partial charge on any atom is 0.260 e. The molecule has 0 saturated carbocycles. The lowest BCUT2D eigenvalue weighted by atomic mass is 10.1. The van der Waals surface area contributed by atoms with Gasteiger partial charge in [-0.3, -0.25) is 9.78 Å². The van der Waals surface area contributed by atoms with Gasteiger partial charge in [0.15, 0.2) is 6.61 Å². The number of fused-ring (bicyclic) bond motifs is 1. The molecule has 1 aliphatic rings. The maximum absolute atomic E-state index is 12.4. The second kappa shape index (κ2) is 8.08. The molecule has 0 aliphatic carbocycles. The summed E-state index contributed by atoms with van der Waals surface area (Å²) >= 11 is 0. The van der Waals surface area contributed by atoms with Gasteiger partial charge in [0.1, 0.15) is 23.1 Å². The van der Waals surface area contributed by atoms with Crippen LogP contribution in [0.5, 0.6) is 11.5 Å². The first-order chi connectivity index (χ1) is 13.3. The Labute approximate surface area is 158 Å². The van der Waals surface area contributed by atoms with Gasteiger partial charge in [-0.05, 0) is 24.3 Å². The average molecular weight is 362 g/mol. The first kappa shape index (κ1) is 17.3. The largest absolute Gasteiger partial charge is 0.488 e. The number of para-hydroxylation sites is 2. The van der Waals surface area contributed by atoms with Crippen LogP contribution in [0.1, 0.15) is 12.8 Å². The molecule has 0 atom stereocenters. The summed E-state index contributed by atoms with van der Waals surface area (Å²) in [7, 11) is 0. The number of hydrogen-bond donors (Lipinski definition) is 0. The minimum absolute atomic E-state index is 0.0177. The number of pyridine rings is 1. The van der Waals surface area contributed by atoms with E-state index >= 15 is 0 Å². The lowest BCUT2D eigenvalue weighted by molar-refractivity contribution is -0.135. The summed E-state index contributed by atoms with van der Waals surface area (Å²) in [6.45, 7) is 1.43. The Morgan fingerprint density at radius 1 is 1.00 bits per heavy atom. The van der Waals surface area contributed by atoms with Crippen LogP contribution in [-0.2, 0) is 4.79 Å². The molecule has 1 fully saturated rings. The van der Waals surface area contributed by atoms with Crippen LogP contribution in [0.4, 0.5) is 0 Å². The van der Waals surface area contributed by atoms with Crippen molar-refractivity contribution in [2.24, 2.45) is 0 Å². The second-order valence-electron chi connectivity index (χ2n) is 6.63. The summed E-state index contributed by atoms with van der Waals surface area (Å²) in [5.41, 5.74) is 0.884. The minimum Gasteiger partial charge on any atom is -0.488 e. The van der Waals surface area contributed by atoms with Gasteiger partial charge in [0, 0.05) is 37.5 Å². The van der Waals surface area contributed by atoms with E-state index in [1.165, 1.54) is 0 Å². The molecule has 0 unspecified atom stereocenters. The molecule has 138 valence electrons. The average Bonchev–Trinajstić information content (AvgIpc) is 2.74. The fraction of sp³-hybridized carbons (Fsp3) is 0.273. The van der Waals surface area contributed by atoms with Gasteiger partial charge in [0.05, 0.1) is 0 Å². The van der Waals surface area contributed by atoms with Crippen LogP contribution in [0, 0.1) is 0 Å². The third-order valence-corrected chi connectivity index (χ3v) is 4.79. The Morgan fingerprint density at radius 3 is 2.59 bits per heavy atom. The van der Waals surface area contributed by atoms with E-state index in [4.69, 9.17) is 9.47 Å². The molecule has 3 aromatic rings. The fourth-order valence-electron chi connectivity index (χ4n) is 3.33. The summed E-state index contributed by atoms with van der Waals surface area (Å²) in [5.74, 6) is 1.54. The van der Waals surface area contributed by atoms with Crippen LogP contribution in [-0.4, -0.2) is 41.6 Å². The molecule has 5 nitrogen and oxygen atoms in total. The van der Waals surface area contributed by atoms with Crippen molar-refractivity contribution in [1.82, 2.24) is 9.88 Å². The van der Waals surface area contributed by atoms with Crippen LogP contribution < -0.4 is 9.47 Å². The summed E-state index contributed by atoms with van der Waals surface area (Å²) in [6, 6.07) is 19.3. The third-order valence-electron chi connectivity index (χ3n) is 4.79. The van der Waals surface area contributed by atoms with Gasteiger partial charge < -0.3 is 14.4 Å². The van der Waals surface area contributed by atoms with Crippen molar-refractivity contribution in [2.45, 2.75) is 18.9 Å². The second-order valence-corrected chi connectivity index (χ2v) is 6.63. The molecule has 0 bridgehead atoms. The Hall–Kier alpha value is -3.08. The molecule has 2 heterocycles. The van der Waals surface area contributed by atoms with Gasteiger partial charge in [-0.1, -0.05) is 36.4 Å². The van der Waals surface area contributed by atoms with Gasteiger partial charge >= 0.3 is 0 Å². The fourth-order valence-corrected chi connectivity index (χ4v) is 3.33. The van der Waals surface area contributed by atoms with Crippen molar-refractivity contribution in [3.05, 3.63) is 66.9 Å². The van der Waals surface area contributed by atoms with Gasteiger partial charge in [-0.25, -0.2) is 0 Å². The summed E-state index contributed by atoms with van der Waals surface area (Å²) < 4.78 is 11.8. The Morgan fingerprint density at radius 2 is 1.78 bits per heavy atom. The number of carbonyl (C=O) groups excluding carboxylic acids is 1. The Kier molecular flexibility index (Phi) is 5.19. The van der Waals surface area contributed by atoms with Crippen molar-refractivity contribution >= 4 is 16.8 Å². The van der Waals surface area contributed by atoms with Gasteiger partial charge in [-0.15, -0.1) is 0 Å². The molecule has 0 spiro atoms. The topological polar surface area (TPSA) is 51.7 Å². The first-order valence-electron chi connectivity index (χ1n) is 9.25. The van der Waals surface area contributed by atoms with Crippen LogP contribution >= 0.6 is 0 Å². The quantitative estimate of drug-likeness (QED) is 0.695. The van der Waals surface area contributed by atoms with Crippen molar-refractivity contribution in [2.75, 3.05) is 19.7 Å². The number of piperidine rings is 1. The number of ether oxygens (including phenoxy) is 2. The number of carbonyl (C=O) groups is 1. The van der Waals surface area contributed by atoms with Crippen LogP contribution in [0.25, 0.3) is 10.9 Å². The number of hydrogen-bond acceptors (Lipinski definition) is 4. The molecule has 5 heteroatoms. The molecule has 1 saturated heterocycles. The normalized spacial score (nSPS) is 14.9. The number of likely N-dealkylation sites (tertiary alicyclic amines) is 1. The number of benzene rings is 2. The van der Waals surface area contributed by atoms with E-state index in [1.807, 2.05) is 65.6 Å². The lowest BCUT2D eigenvalue weighted by Crippen LogP contribution is -2.43. The highest BCUT2D eigenvalue weighted by Gasteiger charge is 2.24. The van der Waals surface area contributed by atoms with E-state index in [0.717, 1.165) is 29.5 Å². The van der Waals surface area contributed by atoms with Crippen LogP contribution in [0.2, 0.25) is 0 Å². The third kappa shape index (κ3) is 4.19. The zero-order valence-corrected chi connectivity index (χ0v) is 15.1. The van der Waals surface area contributed by atoms with E-state index in [-0.39, 0.29) is 18.6 Å². The van der Waals surface area contributed by atoms with Crippen molar-refractivity contribution in [1.29, 1.82) is 0 Å². The maximum atomic E-state index is 12.4. The SMILES string of the molecule is O=C(COc1ccccc1)N1CCC(Oc2cccc3cccnc23)CC1. The number of amides is 1. The Balaban J connectivity index is 1.30. The zero-order valence-electron chi connectivity index (χ0n) is 15.1. The molecule has 1 amide bonds. The summed E-state index contributed by atoms with van der Waals surface area (Å²) in [5, 5.41) is 1.07. The first-order valence-corrected chi connectivity index (χ1v) is 9.25. The van der Waals surface area contributed by atoms with Crippen LogP contribution in [0.15, 0.2) is 66.9 Å². The van der Waals surface area contributed by atoms with Crippen molar-refractivity contribution in [3.8, 4) is 11.5 Å². The van der Waals surface area contributed by atoms with Gasteiger partial charge in [-0.2, -0.15) is 0 Å². The summed E-state index contributed by atoms with van der Waals surface area (Å²) in [4.78, 5) is 18.6. The monoisotopic (exact) mass is 362 g/mol. The highest BCUT2D eigenvalue weighted by atomic mass is 16.5. The minimum atomic E-state index is 0.0177. The molecule has 0 radical (unpaired) electrons. The highest BCUT2D eigenvalue weighted by molar-refractivity contribution is 5.84. The number of rotatable bonds is 5. The van der Waals surface area contributed by atoms with E-state index < -0.39 is 0 Å². The molecule has 4 rings (SSSR count). The van der Waals surface area contributed by atoms with E-state index in [2.05, 4.69) is 4.98 Å². The molecule has 2 aromatic carbocycles. The zero-order chi connectivity index (χ0) is 18.5. The molecular formula is C22H22N2O3. The lowest BCUT2D eigenvalue weighted by Gasteiger charge is -2.32. The van der Waals surface area contributed by atoms with E-state index in [9.17, 15) is 4.79 Å². The molecule has 1 aliphatic heterocycles. The molecule has 0 N–H and O–H groups in total. The van der Waals surface area contributed by atoms with Crippen LogP contribution in [0.3, 0.4) is 0 Å². The van der Waals surface area contributed by atoms with E-state index in [0.29, 0.717) is 18.8 Å². The number of nitrogens with zero attached hydrogens (tertiary/aromatic N) is 2. The van der Waals surface area contributed by atoms with Gasteiger partial charge in [0.2, 0.25) is 0 Å². The summed E-state index contributed by atoms with van der Waals surface area (Å²) in [6.07, 6.45) is 3.49. The predicted octanol–water partition coefficient (Wildman–Crippen LogP) is 3.68. The van der Waals surface area contributed by atoms with E-state index in [1.54, 1.807) is 6.20 Å². The standard InChI is InChI=1S/C22H22N2O3/c25-21(16-26-18-8-2-1-3-9-18)24-14-11-19(12-15-24)27-20-10-4-6-17-7-5-13-23-22(17)20/h1-10,13,19H,11-12,14-16H2. The molecule has 27 heavy (non-hydrogen) atoms. The van der Waals surface area contributed by atoms with Crippen molar-refractivity contribution < 1.29 is 14.3 Å². The van der Waals surface area contributed by atoms with Crippen molar-refractivity contribution in [3.63, 3.8) is 0 Å². The predicted molar refractivity (Wildman–Crippen MR) is 104 cm³/mol. The number of aromatic nitrogens is 1. The molecule has 1 aromatic heterocycles. The Bertz CT molecular complexity index is 900. The smallest absolute Gasteiger partial charge is 0.260 e. The van der Waals surface area contributed by atoms with Gasteiger partial charge in [0.25, 0.3) is 5.91 Å².